The van der Waals surface area contributed by atoms with Crippen molar-refractivity contribution in [2.24, 2.45) is 5.92 Å². The monoisotopic (exact) mass is 444 g/mol. The predicted octanol–water partition coefficient (Wildman–Crippen LogP) is 4.45. The van der Waals surface area contributed by atoms with Crippen LogP contribution < -0.4 is 14.9 Å². The summed E-state index contributed by atoms with van der Waals surface area (Å²) in [6, 6.07) is 14.9. The molecule has 0 spiro atoms. The standard InChI is InChI=1S/C21H17ClN2O3S2/c22-13-5-7-14(8-6-13)23-17(25)9-24-20-19(29-21(24)26)18-12(11-28-20)10-27-16-4-2-1-3-15(16)18/h1-8,12,18H,9-11H2,(H,23,25)/t12-,18-/m1/s1. The number of nitrogens with zero attached hydrogens (tertiary/aromatic N) is 1. The first kappa shape index (κ1) is 18.8. The number of thiazole rings is 1. The molecule has 0 fully saturated rings. The summed E-state index contributed by atoms with van der Waals surface area (Å²) < 4.78 is 7.52. The summed E-state index contributed by atoms with van der Waals surface area (Å²) in [5, 5.41) is 4.34. The van der Waals surface area contributed by atoms with Gasteiger partial charge in [-0.2, -0.15) is 0 Å². The minimum atomic E-state index is -0.231. The Morgan fingerprint density at radius 3 is 2.83 bits per heavy atom. The van der Waals surface area contributed by atoms with Crippen LogP contribution in [0, 0.1) is 5.92 Å². The molecule has 1 aromatic heterocycles. The second kappa shape index (κ2) is 7.55. The summed E-state index contributed by atoms with van der Waals surface area (Å²) in [6.45, 7) is 0.646. The number of amides is 1. The second-order valence-electron chi connectivity index (χ2n) is 7.08. The number of hydrogen-bond acceptors (Lipinski definition) is 5. The van der Waals surface area contributed by atoms with Crippen LogP contribution >= 0.6 is 34.7 Å². The van der Waals surface area contributed by atoms with Gasteiger partial charge in [0, 0.05) is 38.7 Å². The average Bonchev–Trinajstić information content (AvgIpc) is 3.04. The molecular formula is C21H17ClN2O3S2. The van der Waals surface area contributed by atoms with E-state index in [1.54, 1.807) is 40.6 Å². The van der Waals surface area contributed by atoms with E-state index in [2.05, 4.69) is 11.4 Å². The van der Waals surface area contributed by atoms with E-state index in [-0.39, 0.29) is 23.2 Å². The summed E-state index contributed by atoms with van der Waals surface area (Å²) in [6.07, 6.45) is 0. The molecule has 2 aliphatic rings. The Morgan fingerprint density at radius 1 is 1.21 bits per heavy atom. The van der Waals surface area contributed by atoms with Gasteiger partial charge in [-0.25, -0.2) is 0 Å². The summed E-state index contributed by atoms with van der Waals surface area (Å²) in [4.78, 5) is 26.3. The molecule has 0 aliphatic carbocycles. The Balaban J connectivity index is 1.44. The molecule has 0 saturated carbocycles. The van der Waals surface area contributed by atoms with Gasteiger partial charge in [-0.3, -0.25) is 14.2 Å². The fraction of sp³-hybridized carbons (Fsp3) is 0.238. The molecule has 5 rings (SSSR count). The van der Waals surface area contributed by atoms with Crippen molar-refractivity contribution < 1.29 is 9.53 Å². The maximum Gasteiger partial charge on any atom is 0.308 e. The quantitative estimate of drug-likeness (QED) is 0.648. The minimum Gasteiger partial charge on any atom is -0.493 e. The molecule has 0 radical (unpaired) electrons. The molecule has 3 heterocycles. The van der Waals surface area contributed by atoms with Crippen molar-refractivity contribution in [2.45, 2.75) is 17.5 Å². The Kier molecular flexibility index (Phi) is 4.89. The van der Waals surface area contributed by atoms with Crippen molar-refractivity contribution in [3.05, 3.63) is 73.7 Å². The zero-order valence-electron chi connectivity index (χ0n) is 15.3. The van der Waals surface area contributed by atoms with Gasteiger partial charge in [-0.05, 0) is 30.3 Å². The topological polar surface area (TPSA) is 60.3 Å². The highest BCUT2D eigenvalue weighted by Gasteiger charge is 2.39. The first-order valence-electron chi connectivity index (χ1n) is 9.23. The highest BCUT2D eigenvalue weighted by atomic mass is 35.5. The first-order chi connectivity index (χ1) is 14.1. The smallest absolute Gasteiger partial charge is 0.308 e. The number of fused-ring (bicyclic) bond motifs is 5. The van der Waals surface area contributed by atoms with Crippen molar-refractivity contribution in [3.8, 4) is 5.75 Å². The zero-order valence-corrected chi connectivity index (χ0v) is 17.7. The predicted molar refractivity (Wildman–Crippen MR) is 117 cm³/mol. The van der Waals surface area contributed by atoms with Gasteiger partial charge in [-0.15, -0.1) is 11.8 Å². The number of ether oxygens (including phenoxy) is 1. The van der Waals surface area contributed by atoms with E-state index in [9.17, 15) is 9.59 Å². The van der Waals surface area contributed by atoms with E-state index in [0.29, 0.717) is 23.2 Å². The lowest BCUT2D eigenvalue weighted by Gasteiger charge is -2.36. The first-order valence-corrected chi connectivity index (χ1v) is 11.4. The molecule has 2 aromatic carbocycles. The Bertz CT molecular complexity index is 1140. The third-order valence-electron chi connectivity index (χ3n) is 5.20. The molecular weight excluding hydrogens is 428 g/mol. The normalized spacial score (nSPS) is 19.5. The minimum absolute atomic E-state index is 0.00414. The van der Waals surface area contributed by atoms with Crippen LogP contribution in [0.1, 0.15) is 16.4 Å². The SMILES string of the molecule is O=C(Cn1c2c(sc1=O)[C@H]1c3ccccc3OC[C@@H]1CS2)Nc1ccc(Cl)cc1. The Labute approximate surface area is 180 Å². The lowest BCUT2D eigenvalue weighted by molar-refractivity contribution is -0.116. The van der Waals surface area contributed by atoms with E-state index in [0.717, 1.165) is 27.0 Å². The van der Waals surface area contributed by atoms with Crippen molar-refractivity contribution >= 4 is 46.3 Å². The van der Waals surface area contributed by atoms with Crippen molar-refractivity contribution in [2.75, 3.05) is 17.7 Å². The molecule has 2 atom stereocenters. The molecule has 0 bridgehead atoms. The number of rotatable bonds is 3. The highest BCUT2D eigenvalue weighted by Crippen LogP contribution is 2.50. The van der Waals surface area contributed by atoms with Gasteiger partial charge in [-0.1, -0.05) is 41.1 Å². The molecule has 2 aliphatic heterocycles. The summed E-state index contributed by atoms with van der Waals surface area (Å²) >= 11 is 8.78. The number of anilines is 1. The summed E-state index contributed by atoms with van der Waals surface area (Å²) in [5.74, 6) is 2.00. The van der Waals surface area contributed by atoms with Crippen LogP contribution in [0.2, 0.25) is 5.02 Å². The van der Waals surface area contributed by atoms with Gasteiger partial charge >= 0.3 is 4.87 Å². The van der Waals surface area contributed by atoms with E-state index in [4.69, 9.17) is 16.3 Å². The molecule has 3 aromatic rings. The van der Waals surface area contributed by atoms with E-state index in [1.165, 1.54) is 11.3 Å². The van der Waals surface area contributed by atoms with E-state index < -0.39 is 0 Å². The van der Waals surface area contributed by atoms with Crippen molar-refractivity contribution in [1.29, 1.82) is 0 Å². The molecule has 8 heteroatoms. The van der Waals surface area contributed by atoms with Crippen LogP contribution in [-0.4, -0.2) is 22.8 Å². The van der Waals surface area contributed by atoms with Gasteiger partial charge in [0.05, 0.1) is 11.6 Å². The maximum atomic E-state index is 12.8. The maximum absolute atomic E-state index is 12.8. The average molecular weight is 445 g/mol. The largest absolute Gasteiger partial charge is 0.493 e. The second-order valence-corrected chi connectivity index (χ2v) is 9.51. The van der Waals surface area contributed by atoms with Crippen LogP contribution in [0.15, 0.2) is 58.4 Å². The lowest BCUT2D eigenvalue weighted by atomic mass is 9.84. The fourth-order valence-electron chi connectivity index (χ4n) is 3.87. The van der Waals surface area contributed by atoms with Gasteiger partial charge in [0.15, 0.2) is 0 Å². The van der Waals surface area contributed by atoms with E-state index >= 15 is 0 Å². The number of para-hydroxylation sites is 1. The number of nitrogens with one attached hydrogen (secondary N) is 1. The summed E-state index contributed by atoms with van der Waals surface area (Å²) in [7, 11) is 0. The van der Waals surface area contributed by atoms with Gasteiger partial charge in [0.25, 0.3) is 0 Å². The third-order valence-corrected chi connectivity index (χ3v) is 7.95. The van der Waals surface area contributed by atoms with E-state index in [1.807, 2.05) is 18.2 Å². The molecule has 5 nitrogen and oxygen atoms in total. The van der Waals surface area contributed by atoms with Crippen molar-refractivity contribution in [3.63, 3.8) is 0 Å². The molecule has 29 heavy (non-hydrogen) atoms. The van der Waals surface area contributed by atoms with Gasteiger partial charge < -0.3 is 10.1 Å². The van der Waals surface area contributed by atoms with Gasteiger partial charge in [0.2, 0.25) is 5.91 Å². The molecule has 1 amide bonds. The van der Waals surface area contributed by atoms with Crippen LogP contribution in [-0.2, 0) is 11.3 Å². The molecule has 148 valence electrons. The molecule has 0 saturated heterocycles. The summed E-state index contributed by atoms with van der Waals surface area (Å²) in [5.41, 5.74) is 1.78. The van der Waals surface area contributed by atoms with Crippen LogP contribution in [0.25, 0.3) is 0 Å². The number of halogens is 1. The molecule has 1 N–H and O–H groups in total. The number of carbonyl (C=O) groups excluding carboxylic acids is 1. The van der Waals surface area contributed by atoms with Crippen molar-refractivity contribution in [1.82, 2.24) is 4.57 Å². The number of hydrogen-bond donors (Lipinski definition) is 1. The number of aromatic nitrogens is 1. The third kappa shape index (κ3) is 3.47. The molecule has 0 unspecified atom stereocenters. The Hall–Kier alpha value is -2.22. The number of carbonyl (C=O) groups is 1. The van der Waals surface area contributed by atoms with Crippen LogP contribution in [0.3, 0.4) is 0 Å². The Morgan fingerprint density at radius 2 is 2.00 bits per heavy atom. The number of thioether (sulfide) groups is 1. The lowest BCUT2D eigenvalue weighted by Crippen LogP contribution is -2.31. The highest BCUT2D eigenvalue weighted by molar-refractivity contribution is 7.99. The number of benzene rings is 2. The van der Waals surface area contributed by atoms with Crippen LogP contribution in [0.5, 0.6) is 5.75 Å². The van der Waals surface area contributed by atoms with Gasteiger partial charge in [0.1, 0.15) is 12.3 Å². The van der Waals surface area contributed by atoms with Crippen LogP contribution in [0.4, 0.5) is 5.69 Å². The zero-order chi connectivity index (χ0) is 20.0. The fourth-order valence-corrected chi connectivity index (χ4v) is 6.69.